The Kier molecular flexibility index (Phi) is 8.29. The van der Waals surface area contributed by atoms with Gasteiger partial charge in [0.05, 0.1) is 0 Å². The Morgan fingerprint density at radius 1 is 1.21 bits per heavy atom. The van der Waals surface area contributed by atoms with E-state index in [1.165, 1.54) is 43.4 Å². The van der Waals surface area contributed by atoms with Crippen LogP contribution in [0.15, 0.2) is 5.16 Å². The summed E-state index contributed by atoms with van der Waals surface area (Å²) in [6.45, 7) is 5.86. The maximum atomic E-state index is 12.2. The van der Waals surface area contributed by atoms with Gasteiger partial charge in [0.25, 0.3) is 0 Å². The molecule has 0 atom stereocenters. The molecule has 1 aliphatic carbocycles. The van der Waals surface area contributed by atoms with Crippen LogP contribution >= 0.6 is 23.1 Å². The number of urea groups is 1. The zero-order valence-electron chi connectivity index (χ0n) is 17.5. The molecule has 0 aromatic carbocycles. The summed E-state index contributed by atoms with van der Waals surface area (Å²) in [4.78, 5) is 12.2. The fourth-order valence-corrected chi connectivity index (χ4v) is 5.02. The van der Waals surface area contributed by atoms with E-state index in [0.29, 0.717) is 23.5 Å². The Hall–Kier alpha value is -1.68. The number of nitrogens with zero attached hydrogens (tertiary/aromatic N) is 5. The van der Waals surface area contributed by atoms with Crippen LogP contribution in [0.2, 0.25) is 0 Å². The van der Waals surface area contributed by atoms with E-state index in [0.717, 1.165) is 35.4 Å². The fourth-order valence-electron chi connectivity index (χ4n) is 3.59. The summed E-state index contributed by atoms with van der Waals surface area (Å²) in [5.74, 6) is 2.02. The van der Waals surface area contributed by atoms with Gasteiger partial charge in [0.2, 0.25) is 5.13 Å². The van der Waals surface area contributed by atoms with E-state index in [9.17, 15) is 4.79 Å². The number of thioether (sulfide) groups is 1. The molecule has 0 aliphatic heterocycles. The third-order valence-corrected chi connectivity index (χ3v) is 6.67. The average molecular weight is 438 g/mol. The first-order valence-electron chi connectivity index (χ1n) is 10.4. The highest BCUT2D eigenvalue weighted by atomic mass is 32.2. The first-order valence-corrected chi connectivity index (χ1v) is 12.4. The van der Waals surface area contributed by atoms with E-state index < -0.39 is 0 Å². The summed E-state index contributed by atoms with van der Waals surface area (Å²) in [6, 6.07) is -0.232. The van der Waals surface area contributed by atoms with Gasteiger partial charge in [0, 0.05) is 25.4 Å². The minimum absolute atomic E-state index is 0.232. The topological polar surface area (TPSA) is 97.6 Å². The zero-order valence-corrected chi connectivity index (χ0v) is 19.1. The monoisotopic (exact) mass is 437 g/mol. The van der Waals surface area contributed by atoms with Crippen molar-refractivity contribution >= 4 is 34.3 Å². The number of carbonyl (C=O) groups is 1. The minimum atomic E-state index is -0.232. The van der Waals surface area contributed by atoms with E-state index in [1.54, 1.807) is 11.8 Å². The van der Waals surface area contributed by atoms with Gasteiger partial charge in [-0.15, -0.1) is 20.4 Å². The maximum absolute atomic E-state index is 12.2. The van der Waals surface area contributed by atoms with Crippen molar-refractivity contribution in [1.29, 1.82) is 0 Å². The van der Waals surface area contributed by atoms with Crippen LogP contribution in [-0.4, -0.2) is 43.8 Å². The van der Waals surface area contributed by atoms with Gasteiger partial charge in [-0.3, -0.25) is 5.32 Å². The predicted molar refractivity (Wildman–Crippen MR) is 118 cm³/mol. The van der Waals surface area contributed by atoms with Gasteiger partial charge in [-0.1, -0.05) is 56.2 Å². The van der Waals surface area contributed by atoms with Gasteiger partial charge < -0.3 is 9.88 Å². The highest BCUT2D eigenvalue weighted by Gasteiger charge is 2.20. The van der Waals surface area contributed by atoms with Crippen LogP contribution < -0.4 is 10.6 Å². The highest BCUT2D eigenvalue weighted by molar-refractivity contribution is 7.98. The van der Waals surface area contributed by atoms with Crippen LogP contribution in [0.3, 0.4) is 0 Å². The van der Waals surface area contributed by atoms with E-state index in [4.69, 9.17) is 0 Å². The maximum Gasteiger partial charge on any atom is 0.321 e. The number of hydrogen-bond donors (Lipinski definition) is 2. The van der Waals surface area contributed by atoms with Gasteiger partial charge in [-0.2, -0.15) is 0 Å². The molecule has 2 heterocycles. The van der Waals surface area contributed by atoms with Crippen molar-refractivity contribution in [3.05, 3.63) is 10.8 Å². The molecular formula is C19H31N7OS2. The molecule has 3 rings (SSSR count). The lowest BCUT2D eigenvalue weighted by Gasteiger charge is -2.18. The normalized spacial score (nSPS) is 15.0. The van der Waals surface area contributed by atoms with E-state index in [2.05, 4.69) is 49.4 Å². The van der Waals surface area contributed by atoms with Gasteiger partial charge in [-0.05, 0) is 31.4 Å². The first-order chi connectivity index (χ1) is 14.1. The minimum Gasteiger partial charge on any atom is -0.338 e. The van der Waals surface area contributed by atoms with E-state index >= 15 is 0 Å². The molecule has 0 unspecified atom stereocenters. The van der Waals surface area contributed by atoms with Crippen molar-refractivity contribution in [2.24, 2.45) is 5.92 Å². The lowest BCUT2D eigenvalue weighted by atomic mass is 9.90. The molecule has 2 N–H and O–H groups in total. The predicted octanol–water partition coefficient (Wildman–Crippen LogP) is 4.31. The van der Waals surface area contributed by atoms with Crippen molar-refractivity contribution in [2.75, 3.05) is 18.1 Å². The molecule has 0 radical (unpaired) electrons. The molecule has 2 aromatic rings. The van der Waals surface area contributed by atoms with E-state index in [1.807, 2.05) is 6.26 Å². The molecule has 0 saturated heterocycles. The Bertz CT molecular complexity index is 783. The van der Waals surface area contributed by atoms with Crippen LogP contribution in [-0.2, 0) is 13.0 Å². The average Bonchev–Trinajstić information content (AvgIpc) is 3.32. The molecule has 8 nitrogen and oxygen atoms in total. The van der Waals surface area contributed by atoms with Crippen molar-refractivity contribution in [2.45, 2.75) is 76.4 Å². The molecule has 160 valence electrons. The summed E-state index contributed by atoms with van der Waals surface area (Å²) >= 11 is 3.11. The van der Waals surface area contributed by atoms with Gasteiger partial charge in [0.15, 0.2) is 5.16 Å². The number of rotatable bonds is 9. The summed E-state index contributed by atoms with van der Waals surface area (Å²) in [7, 11) is 0. The quantitative estimate of drug-likeness (QED) is 0.448. The number of aryl methyl sites for hydroxylation is 1. The third kappa shape index (κ3) is 6.40. The number of aromatic nitrogens is 5. The van der Waals surface area contributed by atoms with Crippen LogP contribution in [0.1, 0.15) is 69.1 Å². The smallest absolute Gasteiger partial charge is 0.321 e. The number of nitrogens with one attached hydrogen (secondary N) is 2. The van der Waals surface area contributed by atoms with Crippen molar-refractivity contribution in [3.63, 3.8) is 0 Å². The molecule has 1 fully saturated rings. The van der Waals surface area contributed by atoms with Gasteiger partial charge in [0.1, 0.15) is 10.8 Å². The van der Waals surface area contributed by atoms with Crippen LogP contribution in [0, 0.1) is 5.92 Å². The second-order valence-electron chi connectivity index (χ2n) is 7.87. The van der Waals surface area contributed by atoms with Crippen molar-refractivity contribution < 1.29 is 4.79 Å². The number of anilines is 1. The first kappa shape index (κ1) is 22.0. The lowest BCUT2D eigenvalue weighted by molar-refractivity contribution is 0.252. The highest BCUT2D eigenvalue weighted by Crippen LogP contribution is 2.35. The number of hydrogen-bond acceptors (Lipinski definition) is 7. The van der Waals surface area contributed by atoms with Gasteiger partial charge >= 0.3 is 6.03 Å². The molecule has 1 saturated carbocycles. The Morgan fingerprint density at radius 2 is 2.00 bits per heavy atom. The molecule has 0 spiro atoms. The fraction of sp³-hybridized carbons (Fsp3) is 0.737. The Morgan fingerprint density at radius 3 is 2.72 bits per heavy atom. The standard InChI is InChI=1S/C19H31N7OS2/c1-13(2)12-26-15(22-25-19(26)28-3)10-7-11-20-17(27)21-18-24-23-16(29-18)14-8-5-4-6-9-14/h13-14H,4-12H2,1-3H3,(H2,20,21,24,27). The molecule has 10 heteroatoms. The Labute approximate surface area is 180 Å². The lowest BCUT2D eigenvalue weighted by Crippen LogP contribution is -2.29. The van der Waals surface area contributed by atoms with Gasteiger partial charge in [-0.25, -0.2) is 4.79 Å². The summed E-state index contributed by atoms with van der Waals surface area (Å²) < 4.78 is 2.18. The molecule has 2 aromatic heterocycles. The third-order valence-electron chi connectivity index (χ3n) is 5.00. The second-order valence-corrected chi connectivity index (χ2v) is 9.65. The zero-order chi connectivity index (χ0) is 20.6. The molecule has 29 heavy (non-hydrogen) atoms. The summed E-state index contributed by atoms with van der Waals surface area (Å²) in [5.41, 5.74) is 0. The molecular weight excluding hydrogens is 406 g/mol. The van der Waals surface area contributed by atoms with E-state index in [-0.39, 0.29) is 6.03 Å². The summed E-state index contributed by atoms with van der Waals surface area (Å²) in [6.07, 6.45) is 9.81. The second kappa shape index (κ2) is 10.9. The number of carbonyl (C=O) groups excluding carboxylic acids is 1. The molecule has 1 aliphatic rings. The molecule has 2 amide bonds. The molecule has 0 bridgehead atoms. The Balaban J connectivity index is 1.41. The largest absolute Gasteiger partial charge is 0.338 e. The van der Waals surface area contributed by atoms with Crippen LogP contribution in [0.5, 0.6) is 0 Å². The van der Waals surface area contributed by atoms with Crippen LogP contribution in [0.4, 0.5) is 9.93 Å². The van der Waals surface area contributed by atoms with Crippen LogP contribution in [0.25, 0.3) is 0 Å². The SMILES string of the molecule is CSc1nnc(CCCNC(=O)Nc2nnc(C3CCCCC3)s2)n1CC(C)C. The summed E-state index contributed by atoms with van der Waals surface area (Å²) in [5, 5.41) is 25.3. The van der Waals surface area contributed by atoms with Crippen molar-refractivity contribution in [1.82, 2.24) is 30.3 Å². The van der Waals surface area contributed by atoms with Crippen molar-refractivity contribution in [3.8, 4) is 0 Å². The number of amides is 2.